The van der Waals surface area contributed by atoms with E-state index in [0.717, 1.165) is 17.1 Å². The number of hydrogen-bond acceptors (Lipinski definition) is 4. The Morgan fingerprint density at radius 3 is 2.06 bits per heavy atom. The summed E-state index contributed by atoms with van der Waals surface area (Å²) in [5.41, 5.74) is 4.85. The van der Waals surface area contributed by atoms with Crippen LogP contribution < -0.4 is 5.73 Å². The first-order chi connectivity index (χ1) is 7.29. The van der Waals surface area contributed by atoms with E-state index in [-0.39, 0.29) is 12.3 Å². The Labute approximate surface area is 94.3 Å². The van der Waals surface area contributed by atoms with Crippen molar-refractivity contribution in [2.45, 2.75) is 26.8 Å². The maximum atomic E-state index is 12.0. The fourth-order valence-electron chi connectivity index (χ4n) is 1.55. The van der Waals surface area contributed by atoms with Crippen molar-refractivity contribution < 1.29 is 14.4 Å². The number of amides is 2. The highest BCUT2D eigenvalue weighted by Crippen LogP contribution is 2.21. The molecule has 1 aliphatic rings. The molecule has 2 N–H and O–H groups in total. The van der Waals surface area contributed by atoms with Crippen molar-refractivity contribution in [3.05, 3.63) is 12.2 Å². The summed E-state index contributed by atoms with van der Waals surface area (Å²) in [6.07, 6.45) is 2.31. The van der Waals surface area contributed by atoms with E-state index in [1.807, 2.05) is 0 Å². The third-order valence-corrected chi connectivity index (χ3v) is 2.42. The molecule has 0 saturated carbocycles. The summed E-state index contributed by atoms with van der Waals surface area (Å²) in [4.78, 5) is 35.8. The topological polar surface area (TPSA) is 80.5 Å². The third kappa shape index (κ3) is 2.19. The number of rotatable bonds is 3. The summed E-state index contributed by atoms with van der Waals surface area (Å²) >= 11 is 0. The Morgan fingerprint density at radius 2 is 1.75 bits per heavy atom. The van der Waals surface area contributed by atoms with E-state index in [0.29, 0.717) is 0 Å². The normalized spacial score (nSPS) is 18.1. The van der Waals surface area contributed by atoms with Crippen molar-refractivity contribution >= 4 is 17.6 Å². The highest BCUT2D eigenvalue weighted by Gasteiger charge is 2.39. The van der Waals surface area contributed by atoms with Gasteiger partial charge < -0.3 is 5.73 Å². The zero-order valence-electron chi connectivity index (χ0n) is 9.69. The van der Waals surface area contributed by atoms with E-state index in [2.05, 4.69) is 0 Å². The molecule has 5 heteroatoms. The van der Waals surface area contributed by atoms with Gasteiger partial charge in [-0.2, -0.15) is 0 Å². The lowest BCUT2D eigenvalue weighted by Gasteiger charge is -2.29. The van der Waals surface area contributed by atoms with Crippen LogP contribution in [0.2, 0.25) is 0 Å². The van der Waals surface area contributed by atoms with E-state index < -0.39 is 23.3 Å². The van der Waals surface area contributed by atoms with E-state index in [9.17, 15) is 14.4 Å². The highest BCUT2D eigenvalue weighted by molar-refractivity contribution is 6.15. The summed E-state index contributed by atoms with van der Waals surface area (Å²) in [6, 6.07) is -0.866. The summed E-state index contributed by atoms with van der Waals surface area (Å²) in [5.74, 6) is -1.16. The Hall–Kier alpha value is -1.49. The van der Waals surface area contributed by atoms with E-state index in [1.165, 1.54) is 0 Å². The minimum absolute atomic E-state index is 0.0464. The van der Waals surface area contributed by atoms with Gasteiger partial charge in [0, 0.05) is 24.1 Å². The molecular formula is C11H16N2O3. The molecule has 0 bridgehead atoms. The molecular weight excluding hydrogens is 208 g/mol. The van der Waals surface area contributed by atoms with Gasteiger partial charge in [-0.1, -0.05) is 20.8 Å². The van der Waals surface area contributed by atoms with Gasteiger partial charge in [0.15, 0.2) is 5.78 Å². The number of nitrogens with two attached hydrogens (primary N) is 1. The number of carbonyl (C=O) groups excluding carboxylic acids is 3. The van der Waals surface area contributed by atoms with Gasteiger partial charge in [-0.25, -0.2) is 0 Å². The molecule has 1 unspecified atom stereocenters. The van der Waals surface area contributed by atoms with Crippen molar-refractivity contribution in [3.8, 4) is 0 Å². The first-order valence-corrected chi connectivity index (χ1v) is 5.08. The molecule has 0 radical (unpaired) electrons. The molecule has 1 atom stereocenters. The number of Topliss-reactive ketones (excluding diaryl/α,β-unsaturated/α-hetero) is 1. The Kier molecular flexibility index (Phi) is 3.28. The molecule has 1 rings (SSSR count). The van der Waals surface area contributed by atoms with Gasteiger partial charge in [-0.15, -0.1) is 0 Å². The third-order valence-electron chi connectivity index (χ3n) is 2.42. The van der Waals surface area contributed by atoms with Crippen LogP contribution in [0.15, 0.2) is 12.2 Å². The summed E-state index contributed by atoms with van der Waals surface area (Å²) in [5, 5.41) is 0. The van der Waals surface area contributed by atoms with Gasteiger partial charge in [-0.05, 0) is 0 Å². The molecule has 0 saturated heterocycles. The number of carbonyl (C=O) groups is 3. The van der Waals surface area contributed by atoms with Crippen LogP contribution in [0, 0.1) is 5.41 Å². The van der Waals surface area contributed by atoms with Gasteiger partial charge in [0.1, 0.15) is 6.04 Å². The van der Waals surface area contributed by atoms with Crippen molar-refractivity contribution in [2.75, 3.05) is 6.54 Å². The van der Waals surface area contributed by atoms with E-state index in [4.69, 9.17) is 5.73 Å². The maximum absolute atomic E-state index is 12.0. The zero-order valence-corrected chi connectivity index (χ0v) is 9.69. The predicted octanol–water partition coefficient (Wildman–Crippen LogP) is -0.146. The maximum Gasteiger partial charge on any atom is 0.254 e. The lowest BCUT2D eigenvalue weighted by molar-refractivity contribution is -0.146. The van der Waals surface area contributed by atoms with Crippen LogP contribution in [0.3, 0.4) is 0 Å². The molecule has 16 heavy (non-hydrogen) atoms. The molecule has 1 aliphatic heterocycles. The standard InChI is InChI=1S/C11H16N2O3/c1-11(2,3)10(16)7(6-12)13-8(14)4-5-9(13)15/h4-5,7H,6,12H2,1-3H3. The minimum Gasteiger partial charge on any atom is -0.328 e. The lowest BCUT2D eigenvalue weighted by Crippen LogP contribution is -2.52. The van der Waals surface area contributed by atoms with Crippen LogP contribution in [0.4, 0.5) is 0 Å². The molecule has 0 aromatic rings. The van der Waals surface area contributed by atoms with Crippen LogP contribution in [-0.2, 0) is 14.4 Å². The van der Waals surface area contributed by atoms with Crippen LogP contribution in [0.5, 0.6) is 0 Å². The van der Waals surface area contributed by atoms with Crippen LogP contribution in [0.1, 0.15) is 20.8 Å². The molecule has 88 valence electrons. The first-order valence-electron chi connectivity index (χ1n) is 5.08. The average Bonchev–Trinajstić information content (AvgIpc) is 2.49. The second kappa shape index (κ2) is 4.17. The van der Waals surface area contributed by atoms with E-state index >= 15 is 0 Å². The monoisotopic (exact) mass is 224 g/mol. The molecule has 5 nitrogen and oxygen atoms in total. The molecule has 0 aromatic heterocycles. The number of imide groups is 1. The van der Waals surface area contributed by atoms with Crippen molar-refractivity contribution in [1.29, 1.82) is 0 Å². The Bertz CT molecular complexity index is 348. The van der Waals surface area contributed by atoms with Crippen LogP contribution >= 0.6 is 0 Å². The fourth-order valence-corrected chi connectivity index (χ4v) is 1.55. The largest absolute Gasteiger partial charge is 0.328 e. The number of nitrogens with zero attached hydrogens (tertiary/aromatic N) is 1. The summed E-state index contributed by atoms with van der Waals surface area (Å²) in [7, 11) is 0. The Morgan fingerprint density at radius 1 is 1.31 bits per heavy atom. The average molecular weight is 224 g/mol. The minimum atomic E-state index is -0.866. The fraction of sp³-hybridized carbons (Fsp3) is 0.545. The zero-order chi connectivity index (χ0) is 12.5. The predicted molar refractivity (Wildman–Crippen MR) is 58.3 cm³/mol. The van der Waals surface area contributed by atoms with Crippen molar-refractivity contribution in [1.82, 2.24) is 4.90 Å². The number of hydrogen-bond donors (Lipinski definition) is 1. The summed E-state index contributed by atoms with van der Waals surface area (Å²) < 4.78 is 0. The van der Waals surface area contributed by atoms with Crippen LogP contribution in [-0.4, -0.2) is 35.1 Å². The van der Waals surface area contributed by atoms with Crippen molar-refractivity contribution in [3.63, 3.8) is 0 Å². The molecule has 0 aromatic carbocycles. The number of ketones is 1. The van der Waals surface area contributed by atoms with E-state index in [1.54, 1.807) is 20.8 Å². The quantitative estimate of drug-likeness (QED) is 0.676. The van der Waals surface area contributed by atoms with Crippen LogP contribution in [0.25, 0.3) is 0 Å². The van der Waals surface area contributed by atoms with Gasteiger partial charge in [0.05, 0.1) is 0 Å². The molecule has 2 amide bonds. The summed E-state index contributed by atoms with van der Waals surface area (Å²) in [6.45, 7) is 5.15. The second-order valence-electron chi connectivity index (χ2n) is 4.75. The molecule has 1 heterocycles. The van der Waals surface area contributed by atoms with Gasteiger partial charge in [0.25, 0.3) is 11.8 Å². The lowest BCUT2D eigenvalue weighted by atomic mass is 9.86. The smallest absolute Gasteiger partial charge is 0.254 e. The van der Waals surface area contributed by atoms with Crippen molar-refractivity contribution in [2.24, 2.45) is 11.1 Å². The second-order valence-corrected chi connectivity index (χ2v) is 4.75. The van der Waals surface area contributed by atoms with Gasteiger partial charge in [-0.3, -0.25) is 19.3 Å². The van der Waals surface area contributed by atoms with Gasteiger partial charge in [0.2, 0.25) is 0 Å². The SMILES string of the molecule is CC(C)(C)C(=O)C(CN)N1C(=O)C=CC1=O. The molecule has 0 fully saturated rings. The molecule has 0 aliphatic carbocycles. The highest BCUT2D eigenvalue weighted by atomic mass is 16.2. The first kappa shape index (κ1) is 12.6. The molecule has 0 spiro atoms. The van der Waals surface area contributed by atoms with Gasteiger partial charge >= 0.3 is 0 Å². The Balaban J connectivity index is 2.96.